The number of hydrogen-bond donors (Lipinski definition) is 12. The van der Waals surface area contributed by atoms with Crippen LogP contribution in [0.1, 0.15) is 32.9 Å². The maximum atomic E-state index is 12.6. The number of hydrogen-bond acceptors (Lipinski definition) is 19. The van der Waals surface area contributed by atoms with Gasteiger partial charge in [0.25, 0.3) is 0 Å². The lowest BCUT2D eigenvalue weighted by molar-refractivity contribution is -0.139. The van der Waals surface area contributed by atoms with E-state index in [1.165, 1.54) is 13.8 Å². The van der Waals surface area contributed by atoms with E-state index in [0.29, 0.717) is 12.3 Å². The van der Waals surface area contributed by atoms with Gasteiger partial charge in [-0.05, 0) is 0 Å². The first-order valence-corrected chi connectivity index (χ1v) is 21.0. The number of aromatic nitrogens is 4. The molecule has 1 aliphatic rings. The molecule has 3 rings (SSSR count). The van der Waals surface area contributed by atoms with Gasteiger partial charge in [0.2, 0.25) is 11.8 Å². The number of phosphoric ester groups is 3. The summed E-state index contributed by atoms with van der Waals surface area (Å²) in [6, 6.07) is 0. The van der Waals surface area contributed by atoms with E-state index in [4.69, 9.17) is 29.7 Å². The zero-order valence-corrected chi connectivity index (χ0v) is 33.4. The van der Waals surface area contributed by atoms with Crippen LogP contribution in [0.2, 0.25) is 0 Å². The summed E-state index contributed by atoms with van der Waals surface area (Å²) in [6.45, 7) is 3.74. The molecule has 57 heavy (non-hydrogen) atoms. The first-order chi connectivity index (χ1) is 26.2. The number of fused-ring (bicyclic) bond motifs is 1. The smallest absolute Gasteiger partial charge is 0.481 e. The fourth-order valence-electron chi connectivity index (χ4n) is 4.39. The number of carboxylic acids is 2. The van der Waals surface area contributed by atoms with Crippen LogP contribution in [-0.4, -0.2) is 140 Å². The molecule has 12 N–H and O–H groups in total. The van der Waals surface area contributed by atoms with Crippen LogP contribution in [0.3, 0.4) is 0 Å². The number of anilines is 1. The molecule has 1 saturated heterocycles. The highest BCUT2D eigenvalue weighted by Crippen LogP contribution is 2.61. The van der Waals surface area contributed by atoms with Gasteiger partial charge in [0, 0.05) is 36.3 Å². The van der Waals surface area contributed by atoms with Crippen LogP contribution in [-0.2, 0) is 55.5 Å². The van der Waals surface area contributed by atoms with Gasteiger partial charge in [0.05, 0.1) is 26.0 Å². The zero-order valence-electron chi connectivity index (χ0n) is 29.8. The number of nitrogens with zero attached hydrogens (tertiary/aromatic N) is 4. The van der Waals surface area contributed by atoms with E-state index in [-0.39, 0.29) is 41.4 Å². The van der Waals surface area contributed by atoms with E-state index < -0.39 is 97.0 Å². The molecule has 0 spiro atoms. The number of imidazole rings is 1. The Morgan fingerprint density at radius 3 is 2.25 bits per heavy atom. The molecule has 2 unspecified atom stereocenters. The highest BCUT2D eigenvalue weighted by molar-refractivity contribution is 7.80. The summed E-state index contributed by atoms with van der Waals surface area (Å²) < 4.78 is 61.7. The van der Waals surface area contributed by atoms with Crippen LogP contribution in [0.5, 0.6) is 0 Å². The first kappa shape index (κ1) is 49.7. The number of nitrogens with one attached hydrogen (secondary N) is 2. The lowest BCUT2D eigenvalue weighted by Gasteiger charge is -2.30. The average Bonchev–Trinajstić information content (AvgIpc) is 3.65. The quantitative estimate of drug-likeness (QED) is 0.0383. The molecule has 2 amide bonds. The number of rotatable bonds is 21. The van der Waals surface area contributed by atoms with Crippen LogP contribution in [0.4, 0.5) is 5.82 Å². The zero-order chi connectivity index (χ0) is 43.5. The molecule has 0 bridgehead atoms. The SMILES string of the molecule is C=C(CC(=O)O)C(=O)O.CC(C)(COP(=O)(O)OP(=O)(O)OC[C@H]1O[C@@H](n2cnc3c(N)ncnc32)[C@H](O)[C@@H]1OP(=O)(O)O)[C@@H](O)C(=O)NCCC(=O)NCCS. The molecule has 1 fully saturated rings. The standard InChI is InChI=1S/C21H36N7O16P3S.C5H6O4/c1-21(2,16(31)19(32)24-4-3-12(29)23-5-6-48)8-41-47(38,39)44-46(36,37)40-7-11-15(43-45(33,34)35)14(30)20(42-11)28-10-27-13-17(22)25-9-26-18(13)28;1-3(5(8)9)2-4(6)7/h9-11,14-16,20,30-31,48H,3-8H2,1-2H3,(H,23,29)(H,24,32)(H,36,37)(H,38,39)(H2,22,25,26)(H2,33,34,35);1-2H2,(H,6,7)(H,8,9)/t11-,14-,15-,16+,20-;/m1./s1. The molecular formula is C26H42N7O20P3S. The number of aliphatic hydroxyl groups is 2. The summed E-state index contributed by atoms with van der Waals surface area (Å²) in [5.74, 6) is -3.39. The summed E-state index contributed by atoms with van der Waals surface area (Å²) in [4.78, 5) is 94.3. The lowest BCUT2D eigenvalue weighted by atomic mass is 9.87. The van der Waals surface area contributed by atoms with E-state index in [9.17, 15) is 62.7 Å². The third kappa shape index (κ3) is 16.0. The van der Waals surface area contributed by atoms with Crippen LogP contribution < -0.4 is 16.4 Å². The number of ether oxygens (including phenoxy) is 1. The van der Waals surface area contributed by atoms with Crippen molar-refractivity contribution >= 4 is 76.8 Å². The third-order valence-corrected chi connectivity index (χ3v) is 10.5. The highest BCUT2D eigenvalue weighted by Gasteiger charge is 2.50. The lowest BCUT2D eigenvalue weighted by Crippen LogP contribution is -2.46. The Kier molecular flexibility index (Phi) is 18.3. The Labute approximate surface area is 327 Å². The molecule has 3 heterocycles. The number of aliphatic carboxylic acids is 2. The average molecular weight is 898 g/mol. The molecule has 7 atom stereocenters. The maximum absolute atomic E-state index is 12.6. The van der Waals surface area contributed by atoms with E-state index >= 15 is 0 Å². The number of amides is 2. The second-order valence-corrected chi connectivity index (χ2v) is 17.0. The Bertz CT molecular complexity index is 1910. The van der Waals surface area contributed by atoms with E-state index in [2.05, 4.69) is 53.6 Å². The van der Waals surface area contributed by atoms with Crippen molar-refractivity contribution in [3.8, 4) is 0 Å². The predicted molar refractivity (Wildman–Crippen MR) is 193 cm³/mol. The molecule has 1 aliphatic heterocycles. The minimum absolute atomic E-state index is 0.0363. The summed E-state index contributed by atoms with van der Waals surface area (Å²) in [5.41, 5.74) is 4.00. The topological polar surface area (TPSA) is 421 Å². The molecule has 0 aromatic carbocycles. The van der Waals surface area contributed by atoms with Crippen molar-refractivity contribution in [2.45, 2.75) is 57.3 Å². The number of thiol groups is 1. The van der Waals surface area contributed by atoms with Crippen molar-refractivity contribution in [2.75, 3.05) is 37.8 Å². The Morgan fingerprint density at radius 1 is 1.05 bits per heavy atom. The fraction of sp³-hybridized carbons (Fsp3) is 0.577. The Hall–Kier alpha value is -3.43. The molecule has 0 aliphatic carbocycles. The van der Waals surface area contributed by atoms with E-state index in [1.54, 1.807) is 0 Å². The second-order valence-electron chi connectivity index (χ2n) is 12.3. The van der Waals surface area contributed by atoms with Crippen molar-refractivity contribution in [2.24, 2.45) is 5.41 Å². The van der Waals surface area contributed by atoms with Crippen molar-refractivity contribution in [1.82, 2.24) is 30.2 Å². The Morgan fingerprint density at radius 2 is 1.68 bits per heavy atom. The fourth-order valence-corrected chi connectivity index (χ4v) is 7.33. The first-order valence-electron chi connectivity index (χ1n) is 15.8. The minimum Gasteiger partial charge on any atom is -0.481 e. The van der Waals surface area contributed by atoms with Crippen molar-refractivity contribution in [3.63, 3.8) is 0 Å². The third-order valence-electron chi connectivity index (χ3n) is 7.18. The second kappa shape index (κ2) is 21.0. The van der Waals surface area contributed by atoms with Gasteiger partial charge in [-0.25, -0.2) is 33.4 Å². The highest BCUT2D eigenvalue weighted by atomic mass is 32.1. The Balaban J connectivity index is 0.00000111. The number of aliphatic hydroxyl groups excluding tert-OH is 2. The molecule has 0 saturated carbocycles. The number of nitrogens with two attached hydrogens (primary N) is 1. The van der Waals surface area contributed by atoms with E-state index in [1.807, 2.05) is 0 Å². The van der Waals surface area contributed by atoms with Crippen molar-refractivity contribution < 1.29 is 95.5 Å². The van der Waals surface area contributed by atoms with Crippen molar-refractivity contribution in [1.29, 1.82) is 0 Å². The van der Waals surface area contributed by atoms with Gasteiger partial charge in [-0.2, -0.15) is 16.9 Å². The largest absolute Gasteiger partial charge is 0.481 e. The molecule has 322 valence electrons. The maximum Gasteiger partial charge on any atom is 0.481 e. The molecule has 2 aromatic rings. The van der Waals surface area contributed by atoms with Crippen molar-refractivity contribution in [3.05, 3.63) is 24.8 Å². The van der Waals surface area contributed by atoms with Gasteiger partial charge in [0.1, 0.15) is 36.3 Å². The predicted octanol–water partition coefficient (Wildman–Crippen LogP) is -1.56. The van der Waals surface area contributed by atoms with Gasteiger partial charge in [-0.15, -0.1) is 0 Å². The number of phosphoric acid groups is 3. The monoisotopic (exact) mass is 897 g/mol. The summed E-state index contributed by atoms with van der Waals surface area (Å²) in [7, 11) is -16.3. The van der Waals surface area contributed by atoms with Gasteiger partial charge >= 0.3 is 35.4 Å². The normalized spacial score (nSPS) is 21.0. The van der Waals surface area contributed by atoms with Crippen LogP contribution in [0, 0.1) is 5.41 Å². The minimum atomic E-state index is -5.54. The van der Waals surface area contributed by atoms with Gasteiger partial charge in [-0.3, -0.25) is 32.5 Å². The summed E-state index contributed by atoms with van der Waals surface area (Å²) >= 11 is 3.95. The van der Waals surface area contributed by atoms with Gasteiger partial charge in [-0.1, -0.05) is 20.4 Å². The summed E-state index contributed by atoms with van der Waals surface area (Å²) in [5, 5.41) is 42.2. The number of carbonyl (C=O) groups is 4. The van der Waals surface area contributed by atoms with E-state index in [0.717, 1.165) is 17.2 Å². The van der Waals surface area contributed by atoms with Crippen LogP contribution >= 0.6 is 36.1 Å². The molecule has 0 radical (unpaired) electrons. The number of carbonyl (C=O) groups excluding carboxylic acids is 2. The number of nitrogen functional groups attached to an aromatic ring is 1. The summed E-state index contributed by atoms with van der Waals surface area (Å²) in [6.07, 6.45) is -7.24. The van der Waals surface area contributed by atoms with Gasteiger partial charge in [0.15, 0.2) is 17.7 Å². The molecule has 31 heteroatoms. The number of carboxylic acid groups (broad SMARTS) is 2. The molecule has 2 aromatic heterocycles. The molecule has 27 nitrogen and oxygen atoms in total. The van der Waals surface area contributed by atoms with Crippen LogP contribution in [0.15, 0.2) is 24.8 Å². The molecular weight excluding hydrogens is 855 g/mol. The van der Waals surface area contributed by atoms with Crippen LogP contribution in [0.25, 0.3) is 11.2 Å². The van der Waals surface area contributed by atoms with Gasteiger partial charge < -0.3 is 61.1 Å².